The standard InChI is InChI=1S/C53H33N5O/c1-2-14-32(15-3-1)51-54-52(56-53(55-51)58-43-23-11-8-20-37(43)38-21-9-12-24-44(38)58)40-26-27-48-49(39-22-10-13-25-47(39)59-48)50(40)57-45-30-35-18-6-4-16-33(35)28-41(45)42-29-34-17-5-7-19-36(34)31-46(42)57/h1-31,51H,(H,54,55,56). The number of aliphatic imine (C=N–C) groups is 2. The van der Waals surface area contributed by atoms with Crippen molar-refractivity contribution in [3.8, 4) is 5.69 Å². The number of aromatic nitrogens is 2. The molecule has 12 aromatic rings. The molecule has 0 amide bonds. The van der Waals surface area contributed by atoms with Crippen LogP contribution in [-0.4, -0.2) is 20.9 Å². The van der Waals surface area contributed by atoms with E-state index in [1.54, 1.807) is 0 Å². The summed E-state index contributed by atoms with van der Waals surface area (Å²) >= 11 is 0. The molecular weight excluding hydrogens is 723 g/mol. The molecule has 0 spiro atoms. The van der Waals surface area contributed by atoms with Crippen molar-refractivity contribution in [3.05, 3.63) is 199 Å². The highest BCUT2D eigenvalue weighted by Gasteiger charge is 2.29. The van der Waals surface area contributed by atoms with Crippen LogP contribution in [0.15, 0.2) is 202 Å². The Morgan fingerprint density at radius 2 is 0.983 bits per heavy atom. The van der Waals surface area contributed by atoms with Crippen molar-refractivity contribution in [1.29, 1.82) is 0 Å². The van der Waals surface area contributed by atoms with Crippen LogP contribution in [0.25, 0.3) is 92.8 Å². The molecule has 4 heterocycles. The molecule has 0 saturated carbocycles. The zero-order chi connectivity index (χ0) is 38.6. The Labute approximate surface area is 337 Å². The number of fused-ring (bicyclic) bond motifs is 11. The summed E-state index contributed by atoms with van der Waals surface area (Å²) in [5, 5.41) is 15.4. The van der Waals surface area contributed by atoms with E-state index in [2.05, 4.69) is 190 Å². The summed E-state index contributed by atoms with van der Waals surface area (Å²) in [6.07, 6.45) is -0.408. The molecule has 59 heavy (non-hydrogen) atoms. The number of hydrogen-bond acceptors (Lipinski definition) is 4. The molecule has 6 nitrogen and oxygen atoms in total. The fourth-order valence-corrected chi connectivity index (χ4v) is 9.47. The van der Waals surface area contributed by atoms with Gasteiger partial charge in [-0.05, 0) is 81.7 Å². The van der Waals surface area contributed by atoms with Gasteiger partial charge < -0.3 is 14.3 Å². The maximum Gasteiger partial charge on any atom is 0.234 e. The minimum atomic E-state index is -0.408. The van der Waals surface area contributed by atoms with Crippen molar-refractivity contribution in [2.75, 3.05) is 0 Å². The molecule has 0 saturated heterocycles. The van der Waals surface area contributed by atoms with Gasteiger partial charge in [-0.25, -0.2) is 4.99 Å². The first-order chi connectivity index (χ1) is 29.2. The number of nitrogens with zero attached hydrogens (tertiary/aromatic N) is 4. The number of benzene rings is 9. The van der Waals surface area contributed by atoms with E-state index in [0.717, 1.165) is 77.4 Å². The van der Waals surface area contributed by atoms with E-state index in [0.29, 0.717) is 5.96 Å². The Morgan fingerprint density at radius 1 is 0.441 bits per heavy atom. The lowest BCUT2D eigenvalue weighted by atomic mass is 10.0. The Bertz CT molecular complexity index is 3630. The summed E-state index contributed by atoms with van der Waals surface area (Å²) in [5.74, 6) is 1.34. The zero-order valence-corrected chi connectivity index (χ0v) is 31.7. The van der Waals surface area contributed by atoms with Gasteiger partial charge in [0.05, 0.1) is 33.1 Å². The predicted octanol–water partition coefficient (Wildman–Crippen LogP) is 13.1. The van der Waals surface area contributed by atoms with Gasteiger partial charge in [-0.3, -0.25) is 4.57 Å². The van der Waals surface area contributed by atoms with Crippen LogP contribution in [0.2, 0.25) is 0 Å². The Kier molecular flexibility index (Phi) is 6.69. The number of furan rings is 1. The lowest BCUT2D eigenvalue weighted by Crippen LogP contribution is -2.35. The third kappa shape index (κ3) is 4.74. The van der Waals surface area contributed by atoms with Gasteiger partial charge in [0.2, 0.25) is 5.96 Å². The summed E-state index contributed by atoms with van der Waals surface area (Å²) in [7, 11) is 0. The Balaban J connectivity index is 1.18. The molecule has 0 aliphatic carbocycles. The average Bonchev–Trinajstić information content (AvgIpc) is 3.94. The van der Waals surface area contributed by atoms with E-state index in [9.17, 15) is 0 Å². The molecule has 13 rings (SSSR count). The molecule has 1 N–H and O–H groups in total. The first kappa shape index (κ1) is 32.2. The first-order valence-electron chi connectivity index (χ1n) is 20.0. The molecule has 3 aromatic heterocycles. The molecule has 1 aliphatic heterocycles. The fraction of sp³-hybridized carbons (Fsp3) is 0.0189. The van der Waals surface area contributed by atoms with E-state index >= 15 is 0 Å². The molecular formula is C53H33N5O. The van der Waals surface area contributed by atoms with Crippen molar-refractivity contribution in [2.45, 2.75) is 6.17 Å². The van der Waals surface area contributed by atoms with Gasteiger partial charge in [0.25, 0.3) is 0 Å². The van der Waals surface area contributed by atoms with Crippen molar-refractivity contribution in [2.24, 2.45) is 9.98 Å². The topological polar surface area (TPSA) is 59.8 Å². The van der Waals surface area contributed by atoms with Gasteiger partial charge in [0.1, 0.15) is 23.2 Å². The van der Waals surface area contributed by atoms with Gasteiger partial charge in [-0.2, -0.15) is 4.99 Å². The molecule has 276 valence electrons. The summed E-state index contributed by atoms with van der Waals surface area (Å²) in [6, 6.07) is 66.8. The predicted molar refractivity (Wildman–Crippen MR) is 244 cm³/mol. The van der Waals surface area contributed by atoms with Crippen LogP contribution in [0, 0.1) is 0 Å². The second-order valence-electron chi connectivity index (χ2n) is 15.4. The van der Waals surface area contributed by atoms with Crippen molar-refractivity contribution >= 4 is 98.9 Å². The highest BCUT2D eigenvalue weighted by atomic mass is 16.3. The summed E-state index contributed by atoms with van der Waals surface area (Å²) in [6.45, 7) is 0. The zero-order valence-electron chi connectivity index (χ0n) is 31.7. The van der Waals surface area contributed by atoms with Gasteiger partial charge in [0, 0.05) is 32.5 Å². The molecule has 0 radical (unpaired) electrons. The maximum absolute atomic E-state index is 6.66. The first-order valence-corrected chi connectivity index (χ1v) is 20.0. The van der Waals surface area contributed by atoms with Crippen LogP contribution in [0.1, 0.15) is 17.3 Å². The van der Waals surface area contributed by atoms with Crippen LogP contribution in [0.3, 0.4) is 0 Å². The molecule has 1 atom stereocenters. The highest BCUT2D eigenvalue weighted by molar-refractivity contribution is 6.23. The largest absolute Gasteiger partial charge is 0.456 e. The average molecular weight is 756 g/mol. The Morgan fingerprint density at radius 3 is 1.63 bits per heavy atom. The van der Waals surface area contributed by atoms with E-state index in [4.69, 9.17) is 14.4 Å². The third-order valence-corrected chi connectivity index (χ3v) is 12.1. The van der Waals surface area contributed by atoms with E-state index in [1.165, 1.54) is 32.3 Å². The van der Waals surface area contributed by atoms with Gasteiger partial charge in [0.15, 0.2) is 0 Å². The van der Waals surface area contributed by atoms with Gasteiger partial charge in [-0.15, -0.1) is 0 Å². The molecule has 6 heteroatoms. The summed E-state index contributed by atoms with van der Waals surface area (Å²) in [5.41, 5.74) is 8.98. The monoisotopic (exact) mass is 755 g/mol. The van der Waals surface area contributed by atoms with Gasteiger partial charge in [-0.1, -0.05) is 133 Å². The van der Waals surface area contributed by atoms with E-state index in [1.807, 2.05) is 12.1 Å². The number of hydrogen-bond donors (Lipinski definition) is 1. The normalized spacial score (nSPS) is 14.6. The van der Waals surface area contributed by atoms with Crippen LogP contribution >= 0.6 is 0 Å². The Hall–Kier alpha value is -7.96. The van der Waals surface area contributed by atoms with Crippen molar-refractivity contribution in [3.63, 3.8) is 0 Å². The van der Waals surface area contributed by atoms with Crippen LogP contribution < -0.4 is 5.32 Å². The lowest BCUT2D eigenvalue weighted by molar-refractivity contribution is 0.666. The second kappa shape index (κ2) is 12.3. The molecule has 9 aromatic carbocycles. The number of rotatable bonds is 3. The summed E-state index contributed by atoms with van der Waals surface area (Å²) < 4.78 is 11.3. The van der Waals surface area contributed by atoms with Gasteiger partial charge >= 0.3 is 0 Å². The van der Waals surface area contributed by atoms with Crippen molar-refractivity contribution < 1.29 is 4.42 Å². The van der Waals surface area contributed by atoms with Crippen LogP contribution in [0.4, 0.5) is 0 Å². The number of nitrogens with one attached hydrogen (secondary N) is 1. The molecule has 0 fully saturated rings. The SMILES string of the molecule is c1ccc(C2N=C(n3c4ccccc4c4ccccc43)N=C(c3ccc4oc5ccccc5c4c3-n3c4cc5ccccc5cc4c4cc5ccccc5cc43)N2)cc1. The van der Waals surface area contributed by atoms with Crippen LogP contribution in [-0.2, 0) is 0 Å². The minimum absolute atomic E-state index is 0.408. The number of amidine groups is 1. The minimum Gasteiger partial charge on any atom is -0.456 e. The quantitative estimate of drug-likeness (QED) is 0.195. The number of para-hydroxylation sites is 3. The smallest absolute Gasteiger partial charge is 0.234 e. The van der Waals surface area contributed by atoms with Crippen LogP contribution in [0.5, 0.6) is 0 Å². The fourth-order valence-electron chi connectivity index (χ4n) is 9.47. The molecule has 1 unspecified atom stereocenters. The lowest BCUT2D eigenvalue weighted by Gasteiger charge is -2.26. The highest BCUT2D eigenvalue weighted by Crippen LogP contribution is 2.43. The second-order valence-corrected chi connectivity index (χ2v) is 15.4. The summed E-state index contributed by atoms with van der Waals surface area (Å²) in [4.78, 5) is 10.9. The third-order valence-electron chi connectivity index (χ3n) is 12.1. The maximum atomic E-state index is 6.66. The van der Waals surface area contributed by atoms with E-state index in [-0.39, 0.29) is 0 Å². The van der Waals surface area contributed by atoms with E-state index < -0.39 is 6.17 Å². The molecule has 1 aliphatic rings. The van der Waals surface area contributed by atoms with Crippen molar-refractivity contribution in [1.82, 2.24) is 14.5 Å². The molecule has 0 bridgehead atoms.